The maximum atomic E-state index is 12.0. The smallest absolute Gasteiger partial charge is 0.394 e. The third-order valence-corrected chi connectivity index (χ3v) is 3.51. The van der Waals surface area contributed by atoms with E-state index in [2.05, 4.69) is 6.92 Å². The Balaban J connectivity index is 2.06. The first-order valence-corrected chi connectivity index (χ1v) is 7.80. The van der Waals surface area contributed by atoms with Crippen molar-refractivity contribution in [2.45, 2.75) is 39.5 Å². The molecule has 2 aromatic rings. The zero-order chi connectivity index (χ0) is 15.8. The van der Waals surface area contributed by atoms with Crippen molar-refractivity contribution in [3.05, 3.63) is 59.7 Å². The van der Waals surface area contributed by atoms with Crippen molar-refractivity contribution >= 4 is 6.16 Å². The SMILES string of the molecule is CCCCc1ccccc1OC(=O)Oc1ccccc1CC. The van der Waals surface area contributed by atoms with Crippen LogP contribution in [0.4, 0.5) is 4.79 Å². The number of para-hydroxylation sites is 2. The van der Waals surface area contributed by atoms with Crippen molar-refractivity contribution < 1.29 is 14.3 Å². The van der Waals surface area contributed by atoms with Gasteiger partial charge < -0.3 is 9.47 Å². The molecule has 0 radical (unpaired) electrons. The van der Waals surface area contributed by atoms with Crippen LogP contribution in [-0.4, -0.2) is 6.16 Å². The van der Waals surface area contributed by atoms with Gasteiger partial charge in [0.05, 0.1) is 0 Å². The second-order valence-corrected chi connectivity index (χ2v) is 5.13. The monoisotopic (exact) mass is 298 g/mol. The number of hydrogen-bond acceptors (Lipinski definition) is 3. The fraction of sp³-hybridized carbons (Fsp3) is 0.316. The first-order chi connectivity index (χ1) is 10.7. The number of benzene rings is 2. The zero-order valence-electron chi connectivity index (χ0n) is 13.2. The van der Waals surface area contributed by atoms with E-state index < -0.39 is 6.16 Å². The molecule has 0 saturated carbocycles. The Morgan fingerprint density at radius 2 is 1.41 bits per heavy atom. The summed E-state index contributed by atoms with van der Waals surface area (Å²) in [6.45, 7) is 4.16. The van der Waals surface area contributed by atoms with E-state index in [0.717, 1.165) is 36.8 Å². The second-order valence-electron chi connectivity index (χ2n) is 5.13. The molecule has 0 atom stereocenters. The molecule has 0 amide bonds. The molecule has 0 saturated heterocycles. The molecule has 0 bridgehead atoms. The van der Waals surface area contributed by atoms with E-state index in [-0.39, 0.29) is 0 Å². The molecule has 0 aromatic heterocycles. The summed E-state index contributed by atoms with van der Waals surface area (Å²) >= 11 is 0. The topological polar surface area (TPSA) is 35.5 Å². The molecular formula is C19H22O3. The van der Waals surface area contributed by atoms with Gasteiger partial charge in [-0.25, -0.2) is 4.79 Å². The van der Waals surface area contributed by atoms with Gasteiger partial charge in [-0.15, -0.1) is 0 Å². The number of carbonyl (C=O) groups is 1. The summed E-state index contributed by atoms with van der Waals surface area (Å²) in [6.07, 6.45) is 3.17. The Bertz CT molecular complexity index is 620. The van der Waals surface area contributed by atoms with E-state index in [9.17, 15) is 4.79 Å². The van der Waals surface area contributed by atoms with Crippen LogP contribution in [-0.2, 0) is 12.8 Å². The molecule has 2 aromatic carbocycles. The average molecular weight is 298 g/mol. The van der Waals surface area contributed by atoms with E-state index in [1.165, 1.54) is 0 Å². The summed E-state index contributed by atoms with van der Waals surface area (Å²) < 4.78 is 10.7. The van der Waals surface area contributed by atoms with Crippen molar-refractivity contribution in [1.29, 1.82) is 0 Å². The highest BCUT2D eigenvalue weighted by Gasteiger charge is 2.12. The lowest BCUT2D eigenvalue weighted by Crippen LogP contribution is -2.15. The highest BCUT2D eigenvalue weighted by Crippen LogP contribution is 2.23. The van der Waals surface area contributed by atoms with Gasteiger partial charge in [-0.2, -0.15) is 0 Å². The van der Waals surface area contributed by atoms with Gasteiger partial charge in [0.1, 0.15) is 11.5 Å². The Morgan fingerprint density at radius 3 is 2.00 bits per heavy atom. The van der Waals surface area contributed by atoms with Gasteiger partial charge in [0.25, 0.3) is 0 Å². The lowest BCUT2D eigenvalue weighted by molar-refractivity contribution is 0.151. The first kappa shape index (κ1) is 16.1. The van der Waals surface area contributed by atoms with Crippen molar-refractivity contribution in [2.24, 2.45) is 0 Å². The summed E-state index contributed by atoms with van der Waals surface area (Å²) in [4.78, 5) is 12.0. The maximum Gasteiger partial charge on any atom is 0.519 e. The molecule has 0 spiro atoms. The van der Waals surface area contributed by atoms with Crippen LogP contribution < -0.4 is 9.47 Å². The molecule has 0 N–H and O–H groups in total. The molecule has 3 nitrogen and oxygen atoms in total. The minimum absolute atomic E-state index is 0.557. The standard InChI is InChI=1S/C19H22O3/c1-3-5-10-16-12-7-9-14-18(16)22-19(20)21-17-13-8-6-11-15(17)4-2/h6-9,11-14H,3-5,10H2,1-2H3. The van der Waals surface area contributed by atoms with E-state index >= 15 is 0 Å². The van der Waals surface area contributed by atoms with Crippen LogP contribution in [0.2, 0.25) is 0 Å². The quantitative estimate of drug-likeness (QED) is 0.545. The number of carbonyl (C=O) groups excluding carboxylic acids is 1. The van der Waals surface area contributed by atoms with E-state index in [0.29, 0.717) is 11.5 Å². The first-order valence-electron chi connectivity index (χ1n) is 7.80. The normalized spacial score (nSPS) is 10.3. The van der Waals surface area contributed by atoms with E-state index in [1.807, 2.05) is 43.3 Å². The molecule has 2 rings (SSSR count). The molecule has 0 aliphatic rings. The van der Waals surface area contributed by atoms with Crippen LogP contribution in [0.25, 0.3) is 0 Å². The van der Waals surface area contributed by atoms with Crippen LogP contribution in [0.15, 0.2) is 48.5 Å². The van der Waals surface area contributed by atoms with Crippen LogP contribution in [0.3, 0.4) is 0 Å². The van der Waals surface area contributed by atoms with Crippen LogP contribution in [0, 0.1) is 0 Å². The number of unbranched alkanes of at least 4 members (excludes halogenated alkanes) is 1. The zero-order valence-corrected chi connectivity index (χ0v) is 13.2. The third-order valence-electron chi connectivity index (χ3n) is 3.51. The van der Waals surface area contributed by atoms with Gasteiger partial charge in [0, 0.05) is 0 Å². The van der Waals surface area contributed by atoms with E-state index in [4.69, 9.17) is 9.47 Å². The second kappa shape index (κ2) is 8.23. The molecule has 0 heterocycles. The van der Waals surface area contributed by atoms with Gasteiger partial charge >= 0.3 is 6.16 Å². The van der Waals surface area contributed by atoms with Crippen molar-refractivity contribution in [3.63, 3.8) is 0 Å². The maximum absolute atomic E-state index is 12.0. The molecule has 0 aliphatic heterocycles. The summed E-state index contributed by atoms with van der Waals surface area (Å²) in [5.74, 6) is 1.14. The molecule has 3 heteroatoms. The van der Waals surface area contributed by atoms with Crippen molar-refractivity contribution in [2.75, 3.05) is 0 Å². The highest BCUT2D eigenvalue weighted by atomic mass is 16.7. The van der Waals surface area contributed by atoms with E-state index in [1.54, 1.807) is 12.1 Å². The third kappa shape index (κ3) is 4.35. The molecule has 116 valence electrons. The van der Waals surface area contributed by atoms with Gasteiger partial charge in [0.2, 0.25) is 0 Å². The van der Waals surface area contributed by atoms with Crippen LogP contribution in [0.5, 0.6) is 11.5 Å². The molecule has 0 fully saturated rings. The van der Waals surface area contributed by atoms with Gasteiger partial charge in [0.15, 0.2) is 0 Å². The summed E-state index contributed by atoms with van der Waals surface area (Å²) in [6, 6.07) is 15.1. The predicted octanol–water partition coefficient (Wildman–Crippen LogP) is 5.17. The average Bonchev–Trinajstić information content (AvgIpc) is 2.54. The summed E-state index contributed by atoms with van der Waals surface area (Å²) in [5.41, 5.74) is 2.02. The number of ether oxygens (including phenoxy) is 2. The van der Waals surface area contributed by atoms with Crippen LogP contribution in [0.1, 0.15) is 37.8 Å². The lowest BCUT2D eigenvalue weighted by Gasteiger charge is -2.11. The van der Waals surface area contributed by atoms with Crippen molar-refractivity contribution in [3.8, 4) is 11.5 Å². The summed E-state index contributed by atoms with van der Waals surface area (Å²) in [7, 11) is 0. The largest absolute Gasteiger partial charge is 0.519 e. The Kier molecular flexibility index (Phi) is 6.01. The predicted molar refractivity (Wildman–Crippen MR) is 87.5 cm³/mol. The van der Waals surface area contributed by atoms with Crippen LogP contribution >= 0.6 is 0 Å². The minimum atomic E-state index is -0.690. The Labute approximate surface area is 131 Å². The minimum Gasteiger partial charge on any atom is -0.394 e. The van der Waals surface area contributed by atoms with Gasteiger partial charge in [-0.1, -0.05) is 56.7 Å². The Hall–Kier alpha value is -2.29. The molecule has 0 unspecified atom stereocenters. The number of hydrogen-bond donors (Lipinski definition) is 0. The molecule has 22 heavy (non-hydrogen) atoms. The summed E-state index contributed by atoms with van der Waals surface area (Å²) in [5, 5.41) is 0. The number of rotatable bonds is 6. The fourth-order valence-electron chi connectivity index (χ4n) is 2.27. The number of aryl methyl sites for hydroxylation is 2. The fourth-order valence-corrected chi connectivity index (χ4v) is 2.27. The Morgan fingerprint density at radius 1 is 0.864 bits per heavy atom. The van der Waals surface area contributed by atoms with Gasteiger partial charge in [-0.05, 0) is 42.5 Å². The molecule has 0 aliphatic carbocycles. The highest BCUT2D eigenvalue weighted by molar-refractivity contribution is 5.68. The lowest BCUT2D eigenvalue weighted by atomic mass is 10.1. The van der Waals surface area contributed by atoms with Crippen molar-refractivity contribution in [1.82, 2.24) is 0 Å². The van der Waals surface area contributed by atoms with Gasteiger partial charge in [-0.3, -0.25) is 0 Å². The molecular weight excluding hydrogens is 276 g/mol.